The van der Waals surface area contributed by atoms with Crippen LogP contribution in [0.5, 0.6) is 0 Å². The van der Waals surface area contributed by atoms with Crippen molar-refractivity contribution in [2.24, 2.45) is 0 Å². The molecule has 0 unspecified atom stereocenters. The number of rotatable bonds is 4. The molecule has 2 heterocycles. The fourth-order valence-corrected chi connectivity index (χ4v) is 2.95. The molecule has 9 nitrogen and oxygen atoms in total. The van der Waals surface area contributed by atoms with Gasteiger partial charge in [-0.15, -0.1) is 0 Å². The van der Waals surface area contributed by atoms with Gasteiger partial charge in [0.2, 0.25) is 11.5 Å². The molecule has 0 aliphatic rings. The number of carbonyl (C=O) groups excluding carboxylic acids is 2. The van der Waals surface area contributed by atoms with Crippen LogP contribution in [0.25, 0.3) is 22.1 Å². The summed E-state index contributed by atoms with van der Waals surface area (Å²) in [5, 5.41) is 8.51. The van der Waals surface area contributed by atoms with Crippen LogP contribution in [0.4, 0.5) is 16.2 Å². The number of hydrogen-bond acceptors (Lipinski definition) is 5. The van der Waals surface area contributed by atoms with E-state index in [0.717, 1.165) is 5.39 Å². The molecule has 2 aromatic heterocycles. The standard InChI is InChI=1S/C20H17N5O4/c1-21-20(28)24-13-6-4-5-12(9-13)23-16(26)10-25-11-22-17-14-7-2-3-8-15(14)29-18(17)19(25)27/h2-9,11H,10H2,1H3,(H,23,26)(H2,21,24,28). The van der Waals surface area contributed by atoms with E-state index >= 15 is 0 Å². The minimum Gasteiger partial charge on any atom is -0.448 e. The monoisotopic (exact) mass is 391 g/mol. The van der Waals surface area contributed by atoms with Crippen molar-refractivity contribution in [3.63, 3.8) is 0 Å². The molecule has 0 aliphatic carbocycles. The van der Waals surface area contributed by atoms with Gasteiger partial charge in [-0.1, -0.05) is 18.2 Å². The average molecular weight is 391 g/mol. The maximum Gasteiger partial charge on any atom is 0.318 e. The van der Waals surface area contributed by atoms with Gasteiger partial charge in [-0.25, -0.2) is 9.78 Å². The third kappa shape index (κ3) is 3.65. The van der Waals surface area contributed by atoms with E-state index in [1.807, 2.05) is 18.2 Å². The first-order valence-corrected chi connectivity index (χ1v) is 8.80. The minimum absolute atomic E-state index is 0.110. The number of nitrogens with one attached hydrogen (secondary N) is 3. The SMILES string of the molecule is CNC(=O)Nc1cccc(NC(=O)Cn2cnc3c(oc4ccccc43)c2=O)c1. The molecule has 4 aromatic rings. The first kappa shape index (κ1) is 18.2. The van der Waals surface area contributed by atoms with Crippen molar-refractivity contribution in [3.05, 3.63) is 65.2 Å². The van der Waals surface area contributed by atoms with Crippen molar-refractivity contribution in [3.8, 4) is 0 Å². The van der Waals surface area contributed by atoms with Gasteiger partial charge >= 0.3 is 6.03 Å². The maximum absolute atomic E-state index is 12.7. The molecular weight excluding hydrogens is 374 g/mol. The van der Waals surface area contributed by atoms with E-state index in [1.165, 1.54) is 17.9 Å². The van der Waals surface area contributed by atoms with Gasteiger partial charge < -0.3 is 20.4 Å². The number of aromatic nitrogens is 2. The molecule has 2 aromatic carbocycles. The van der Waals surface area contributed by atoms with Crippen LogP contribution in [-0.2, 0) is 11.3 Å². The van der Waals surface area contributed by atoms with Crippen LogP contribution in [0.1, 0.15) is 0 Å². The normalized spacial score (nSPS) is 10.8. The Morgan fingerprint density at radius 1 is 1.07 bits per heavy atom. The lowest BCUT2D eigenvalue weighted by molar-refractivity contribution is -0.116. The summed E-state index contributed by atoms with van der Waals surface area (Å²) in [5.74, 6) is -0.415. The summed E-state index contributed by atoms with van der Waals surface area (Å²) in [4.78, 5) is 40.8. The molecule has 9 heteroatoms. The van der Waals surface area contributed by atoms with Gasteiger partial charge in [-0.05, 0) is 30.3 Å². The fourth-order valence-electron chi connectivity index (χ4n) is 2.95. The number of furan rings is 1. The summed E-state index contributed by atoms with van der Waals surface area (Å²) in [6.45, 7) is -0.230. The van der Waals surface area contributed by atoms with Crippen LogP contribution >= 0.6 is 0 Å². The molecule has 0 atom stereocenters. The zero-order chi connectivity index (χ0) is 20.4. The van der Waals surface area contributed by atoms with E-state index in [1.54, 1.807) is 30.3 Å². The van der Waals surface area contributed by atoms with E-state index < -0.39 is 11.5 Å². The van der Waals surface area contributed by atoms with Crippen LogP contribution in [-0.4, -0.2) is 28.5 Å². The Hall–Kier alpha value is -4.14. The van der Waals surface area contributed by atoms with Crippen LogP contribution in [0.2, 0.25) is 0 Å². The van der Waals surface area contributed by atoms with Crippen LogP contribution in [0.3, 0.4) is 0 Å². The summed E-state index contributed by atoms with van der Waals surface area (Å²) in [6.07, 6.45) is 1.33. The van der Waals surface area contributed by atoms with Crippen molar-refractivity contribution in [2.45, 2.75) is 6.54 Å². The highest BCUT2D eigenvalue weighted by atomic mass is 16.3. The third-order valence-corrected chi connectivity index (χ3v) is 4.30. The zero-order valence-corrected chi connectivity index (χ0v) is 15.4. The lowest BCUT2D eigenvalue weighted by Crippen LogP contribution is -2.27. The highest BCUT2D eigenvalue weighted by Crippen LogP contribution is 2.24. The number of para-hydroxylation sites is 1. The predicted molar refractivity (Wildman–Crippen MR) is 109 cm³/mol. The van der Waals surface area contributed by atoms with Gasteiger partial charge in [0.05, 0.1) is 6.33 Å². The van der Waals surface area contributed by atoms with Gasteiger partial charge in [0.1, 0.15) is 17.6 Å². The summed E-state index contributed by atoms with van der Waals surface area (Å²) in [7, 11) is 1.51. The second kappa shape index (κ2) is 7.47. The van der Waals surface area contributed by atoms with Gasteiger partial charge in [0.15, 0.2) is 0 Å². The van der Waals surface area contributed by atoms with Gasteiger partial charge in [0, 0.05) is 23.8 Å². The summed E-state index contributed by atoms with van der Waals surface area (Å²) >= 11 is 0. The van der Waals surface area contributed by atoms with Crippen LogP contribution in [0.15, 0.2) is 64.1 Å². The summed E-state index contributed by atoms with van der Waals surface area (Å²) < 4.78 is 6.80. The number of anilines is 2. The number of fused-ring (bicyclic) bond motifs is 3. The predicted octanol–water partition coefficient (Wildman–Crippen LogP) is 2.53. The Balaban J connectivity index is 1.54. The molecule has 4 rings (SSSR count). The highest BCUT2D eigenvalue weighted by Gasteiger charge is 2.14. The average Bonchev–Trinajstić information content (AvgIpc) is 3.10. The molecule has 3 amide bonds. The molecule has 29 heavy (non-hydrogen) atoms. The van der Waals surface area contributed by atoms with E-state index in [0.29, 0.717) is 22.5 Å². The summed E-state index contributed by atoms with van der Waals surface area (Å²) in [6, 6.07) is 13.5. The third-order valence-electron chi connectivity index (χ3n) is 4.30. The lowest BCUT2D eigenvalue weighted by Gasteiger charge is -2.09. The first-order valence-electron chi connectivity index (χ1n) is 8.80. The Morgan fingerprint density at radius 3 is 2.62 bits per heavy atom. The molecular formula is C20H17N5O4. The van der Waals surface area contributed by atoms with Crippen LogP contribution in [0, 0.1) is 0 Å². The van der Waals surface area contributed by atoms with Gasteiger partial charge in [0.25, 0.3) is 5.56 Å². The Morgan fingerprint density at radius 2 is 1.83 bits per heavy atom. The number of urea groups is 1. The minimum atomic E-state index is -0.434. The Kier molecular flexibility index (Phi) is 4.70. The molecule has 0 fully saturated rings. The smallest absolute Gasteiger partial charge is 0.318 e. The van der Waals surface area contributed by atoms with Crippen molar-refractivity contribution in [1.29, 1.82) is 0 Å². The Bertz CT molecular complexity index is 1290. The van der Waals surface area contributed by atoms with Crippen LogP contribution < -0.4 is 21.5 Å². The van der Waals surface area contributed by atoms with Crippen molar-refractivity contribution < 1.29 is 14.0 Å². The molecule has 0 saturated heterocycles. The zero-order valence-electron chi connectivity index (χ0n) is 15.4. The first-order chi connectivity index (χ1) is 14.0. The number of benzene rings is 2. The van der Waals surface area contributed by atoms with Gasteiger partial charge in [-0.3, -0.25) is 14.2 Å². The van der Waals surface area contributed by atoms with Crippen molar-refractivity contribution >= 4 is 45.4 Å². The molecule has 3 N–H and O–H groups in total. The number of carbonyl (C=O) groups is 2. The molecule has 0 spiro atoms. The van der Waals surface area contributed by atoms with E-state index in [2.05, 4.69) is 20.9 Å². The molecule has 0 radical (unpaired) electrons. The number of hydrogen-bond donors (Lipinski definition) is 3. The lowest BCUT2D eigenvalue weighted by atomic mass is 10.2. The largest absolute Gasteiger partial charge is 0.448 e. The second-order valence-corrected chi connectivity index (χ2v) is 6.29. The maximum atomic E-state index is 12.7. The molecule has 0 bridgehead atoms. The molecule has 0 aliphatic heterocycles. The number of nitrogens with zero attached hydrogens (tertiary/aromatic N) is 2. The highest BCUT2D eigenvalue weighted by molar-refractivity contribution is 6.01. The second-order valence-electron chi connectivity index (χ2n) is 6.29. The number of amides is 3. The fraction of sp³-hybridized carbons (Fsp3) is 0.100. The van der Waals surface area contributed by atoms with E-state index in [-0.39, 0.29) is 18.2 Å². The van der Waals surface area contributed by atoms with Crippen molar-refractivity contribution in [1.82, 2.24) is 14.9 Å². The Labute approximate surface area is 164 Å². The van der Waals surface area contributed by atoms with E-state index in [9.17, 15) is 14.4 Å². The summed E-state index contributed by atoms with van der Waals surface area (Å²) in [5.41, 5.74) is 1.71. The molecule has 146 valence electrons. The van der Waals surface area contributed by atoms with E-state index in [4.69, 9.17) is 4.42 Å². The van der Waals surface area contributed by atoms with Crippen molar-refractivity contribution in [2.75, 3.05) is 17.7 Å². The quantitative estimate of drug-likeness (QED) is 0.494. The molecule has 0 saturated carbocycles. The topological polar surface area (TPSA) is 118 Å². The van der Waals surface area contributed by atoms with Gasteiger partial charge in [-0.2, -0.15) is 0 Å².